The maximum absolute atomic E-state index is 12.6. The minimum Gasteiger partial charge on any atom is -0.342 e. The van der Waals surface area contributed by atoms with E-state index < -0.39 is 11.7 Å². The van der Waals surface area contributed by atoms with E-state index in [1.54, 1.807) is 4.90 Å². The fourth-order valence-electron chi connectivity index (χ4n) is 3.74. The number of amides is 1. The van der Waals surface area contributed by atoms with Crippen molar-refractivity contribution in [1.29, 1.82) is 0 Å². The van der Waals surface area contributed by atoms with Crippen molar-refractivity contribution in [2.24, 2.45) is 0 Å². The summed E-state index contributed by atoms with van der Waals surface area (Å²) in [5.41, 5.74) is 0.992. The van der Waals surface area contributed by atoms with Crippen LogP contribution in [0.2, 0.25) is 0 Å². The lowest BCUT2D eigenvalue weighted by atomic mass is 10.0. The van der Waals surface area contributed by atoms with Gasteiger partial charge < -0.3 is 4.90 Å². The smallest absolute Gasteiger partial charge is 0.342 e. The van der Waals surface area contributed by atoms with Gasteiger partial charge in [0, 0.05) is 18.5 Å². The molecule has 28 heavy (non-hydrogen) atoms. The highest BCUT2D eigenvalue weighted by atomic mass is 19.4. The number of nitrogens with zero attached hydrogens (tertiary/aromatic N) is 3. The molecule has 1 saturated heterocycles. The molecular weight excluding hydrogens is 367 g/mol. The molecule has 0 N–H and O–H groups in total. The predicted molar refractivity (Wildman–Crippen MR) is 99.7 cm³/mol. The molecule has 0 unspecified atom stereocenters. The monoisotopic (exact) mass is 387 g/mol. The fourth-order valence-corrected chi connectivity index (χ4v) is 3.74. The van der Waals surface area contributed by atoms with Crippen molar-refractivity contribution in [1.82, 2.24) is 14.7 Å². The molecule has 0 spiro atoms. The lowest BCUT2D eigenvalue weighted by molar-refractivity contribution is -0.137. The van der Waals surface area contributed by atoms with E-state index >= 15 is 0 Å². The molecule has 0 atom stereocenters. The molecule has 4 nitrogen and oxygen atoms in total. The third-order valence-corrected chi connectivity index (χ3v) is 5.30. The largest absolute Gasteiger partial charge is 0.416 e. The number of para-hydroxylation sites is 1. The number of alkyl halides is 3. The van der Waals surface area contributed by atoms with Crippen molar-refractivity contribution in [2.45, 2.75) is 31.5 Å². The van der Waals surface area contributed by atoms with Gasteiger partial charge in [-0.25, -0.2) is 0 Å². The number of carbonyl (C=O) groups is 1. The number of halogens is 3. The molecule has 0 radical (unpaired) electrons. The number of rotatable bonds is 3. The summed E-state index contributed by atoms with van der Waals surface area (Å²) in [7, 11) is 0. The Bertz CT molecular complexity index is 970. The van der Waals surface area contributed by atoms with Crippen LogP contribution in [0.5, 0.6) is 0 Å². The van der Waals surface area contributed by atoms with Crippen LogP contribution in [0.15, 0.2) is 54.7 Å². The zero-order chi connectivity index (χ0) is 19.7. The number of hydrogen-bond acceptors (Lipinski definition) is 2. The van der Waals surface area contributed by atoms with E-state index in [0.717, 1.165) is 35.9 Å². The van der Waals surface area contributed by atoms with Crippen molar-refractivity contribution in [2.75, 3.05) is 13.1 Å². The number of aromatic nitrogens is 2. The Morgan fingerprint density at radius 1 is 1.04 bits per heavy atom. The van der Waals surface area contributed by atoms with Gasteiger partial charge in [-0.15, -0.1) is 0 Å². The quantitative estimate of drug-likeness (QED) is 0.666. The summed E-state index contributed by atoms with van der Waals surface area (Å²) >= 11 is 0. The molecule has 1 aromatic heterocycles. The molecule has 2 heterocycles. The molecular formula is C21H20F3N3O. The molecule has 0 aliphatic carbocycles. The van der Waals surface area contributed by atoms with Crippen LogP contribution in [0.1, 0.15) is 30.0 Å². The molecule has 7 heteroatoms. The molecule has 3 aromatic rings. The highest BCUT2D eigenvalue weighted by Crippen LogP contribution is 2.29. The Balaban J connectivity index is 1.36. The summed E-state index contributed by atoms with van der Waals surface area (Å²) in [5, 5.41) is 5.61. The van der Waals surface area contributed by atoms with Crippen LogP contribution >= 0.6 is 0 Å². The molecule has 0 bridgehead atoms. The first-order valence-corrected chi connectivity index (χ1v) is 9.28. The van der Waals surface area contributed by atoms with E-state index in [4.69, 9.17) is 0 Å². The number of hydrogen-bond donors (Lipinski definition) is 0. The van der Waals surface area contributed by atoms with Gasteiger partial charge in [-0.3, -0.25) is 9.48 Å². The van der Waals surface area contributed by atoms with Crippen molar-refractivity contribution in [3.05, 3.63) is 65.9 Å². The van der Waals surface area contributed by atoms with Crippen LogP contribution in [-0.4, -0.2) is 33.7 Å². The molecule has 2 aromatic carbocycles. The van der Waals surface area contributed by atoms with E-state index in [9.17, 15) is 18.0 Å². The van der Waals surface area contributed by atoms with E-state index in [2.05, 4.69) is 5.10 Å². The summed E-state index contributed by atoms with van der Waals surface area (Å²) in [6, 6.07) is 13.1. The second-order valence-corrected chi connectivity index (χ2v) is 7.13. The maximum atomic E-state index is 12.6. The van der Waals surface area contributed by atoms with Gasteiger partial charge in [-0.2, -0.15) is 18.3 Å². The van der Waals surface area contributed by atoms with E-state index in [0.29, 0.717) is 18.7 Å². The number of likely N-dealkylation sites (tertiary alicyclic amines) is 1. The van der Waals surface area contributed by atoms with Gasteiger partial charge >= 0.3 is 6.18 Å². The van der Waals surface area contributed by atoms with Gasteiger partial charge in [0.25, 0.3) is 0 Å². The van der Waals surface area contributed by atoms with Gasteiger partial charge in [-0.1, -0.05) is 30.3 Å². The maximum Gasteiger partial charge on any atom is 0.416 e. The SMILES string of the molecule is O=C(Cc1ccc(C(F)(F)F)cc1)N1CCC(n2ncc3ccccc32)CC1. The molecule has 4 rings (SSSR count). The first-order chi connectivity index (χ1) is 13.4. The zero-order valence-corrected chi connectivity index (χ0v) is 15.2. The third-order valence-electron chi connectivity index (χ3n) is 5.30. The second kappa shape index (κ2) is 7.30. The Hall–Kier alpha value is -2.83. The zero-order valence-electron chi connectivity index (χ0n) is 15.2. The Morgan fingerprint density at radius 3 is 2.39 bits per heavy atom. The van der Waals surface area contributed by atoms with Crippen LogP contribution in [0.25, 0.3) is 10.9 Å². The normalized spacial score (nSPS) is 15.9. The van der Waals surface area contributed by atoms with Crippen LogP contribution in [0.3, 0.4) is 0 Å². The average molecular weight is 387 g/mol. The molecule has 0 saturated carbocycles. The second-order valence-electron chi connectivity index (χ2n) is 7.13. The third kappa shape index (κ3) is 3.74. The van der Waals surface area contributed by atoms with Crippen molar-refractivity contribution < 1.29 is 18.0 Å². The molecule has 1 aliphatic rings. The number of fused-ring (bicyclic) bond motifs is 1. The fraction of sp³-hybridized carbons (Fsp3) is 0.333. The summed E-state index contributed by atoms with van der Waals surface area (Å²) in [5.74, 6) is -0.0523. The Kier molecular flexibility index (Phi) is 4.83. The average Bonchev–Trinajstić information content (AvgIpc) is 3.12. The topological polar surface area (TPSA) is 38.1 Å². The molecule has 1 amide bonds. The lowest BCUT2D eigenvalue weighted by Gasteiger charge is -2.32. The van der Waals surface area contributed by atoms with Gasteiger partial charge in [0.05, 0.1) is 29.7 Å². The van der Waals surface area contributed by atoms with Gasteiger partial charge in [0.15, 0.2) is 0 Å². The molecule has 146 valence electrons. The standard InChI is InChI=1S/C21H20F3N3O/c22-21(23,24)17-7-5-15(6-8-17)13-20(28)26-11-9-18(10-12-26)27-19-4-2-1-3-16(19)14-25-27/h1-8,14,18H,9-13H2. The van der Waals surface area contributed by atoms with Crippen LogP contribution in [0, 0.1) is 0 Å². The summed E-state index contributed by atoms with van der Waals surface area (Å²) in [4.78, 5) is 14.3. The van der Waals surface area contributed by atoms with Crippen molar-refractivity contribution in [3.63, 3.8) is 0 Å². The Labute approximate surface area is 160 Å². The molecule has 1 fully saturated rings. The predicted octanol–water partition coefficient (Wildman–Crippen LogP) is 4.46. The summed E-state index contributed by atoms with van der Waals surface area (Å²) in [6.07, 6.45) is -0.763. The summed E-state index contributed by atoms with van der Waals surface area (Å²) in [6.45, 7) is 1.25. The Morgan fingerprint density at radius 2 is 1.71 bits per heavy atom. The van der Waals surface area contributed by atoms with Crippen molar-refractivity contribution in [3.8, 4) is 0 Å². The first kappa shape index (κ1) is 18.5. The highest BCUT2D eigenvalue weighted by molar-refractivity contribution is 5.79. The summed E-state index contributed by atoms with van der Waals surface area (Å²) < 4.78 is 40.0. The van der Waals surface area contributed by atoms with Gasteiger partial charge in [0.1, 0.15) is 0 Å². The lowest BCUT2D eigenvalue weighted by Crippen LogP contribution is -2.40. The minimum atomic E-state index is -4.36. The number of carbonyl (C=O) groups excluding carboxylic acids is 1. The van der Waals surface area contributed by atoms with E-state index in [1.165, 1.54) is 12.1 Å². The van der Waals surface area contributed by atoms with Gasteiger partial charge in [-0.05, 0) is 36.6 Å². The number of benzene rings is 2. The van der Waals surface area contributed by atoms with E-state index in [-0.39, 0.29) is 18.4 Å². The minimum absolute atomic E-state index is 0.0523. The first-order valence-electron chi connectivity index (χ1n) is 9.28. The van der Waals surface area contributed by atoms with Crippen LogP contribution in [0.4, 0.5) is 13.2 Å². The number of piperidine rings is 1. The highest BCUT2D eigenvalue weighted by Gasteiger charge is 2.30. The van der Waals surface area contributed by atoms with Crippen LogP contribution in [-0.2, 0) is 17.4 Å². The van der Waals surface area contributed by atoms with Crippen molar-refractivity contribution >= 4 is 16.8 Å². The van der Waals surface area contributed by atoms with E-state index in [1.807, 2.05) is 35.1 Å². The van der Waals surface area contributed by atoms with Gasteiger partial charge in [0.2, 0.25) is 5.91 Å². The van der Waals surface area contributed by atoms with Crippen LogP contribution < -0.4 is 0 Å². The molecule has 1 aliphatic heterocycles.